The molecule has 4 aromatic rings. The molecule has 0 spiro atoms. The Morgan fingerprint density at radius 2 is 1.71 bits per heavy atom. The summed E-state index contributed by atoms with van der Waals surface area (Å²) in [5.74, 6) is 1.82. The number of benzene rings is 3. The highest BCUT2D eigenvalue weighted by atomic mass is 19.1. The average Bonchev–Trinajstić information content (AvgIpc) is 3.49. The predicted octanol–water partition coefficient (Wildman–Crippen LogP) is 5.87. The first-order valence-electron chi connectivity index (χ1n) is 15.7. The highest BCUT2D eigenvalue weighted by molar-refractivity contribution is 5.96. The van der Waals surface area contributed by atoms with Crippen molar-refractivity contribution in [1.29, 1.82) is 0 Å². The number of methoxy groups -OCH3 is 3. The normalized spacial score (nSPS) is 19.4. The number of rotatable bonds is 10. The van der Waals surface area contributed by atoms with E-state index in [1.165, 1.54) is 12.1 Å². The third kappa shape index (κ3) is 6.56. The van der Waals surface area contributed by atoms with Gasteiger partial charge in [-0.3, -0.25) is 4.79 Å². The van der Waals surface area contributed by atoms with Crippen LogP contribution in [-0.2, 0) is 5.41 Å². The molecule has 1 amide bonds. The summed E-state index contributed by atoms with van der Waals surface area (Å²) in [6.45, 7) is 4.06. The minimum Gasteiger partial charge on any atom is -0.493 e. The number of aromatic amines is 1. The van der Waals surface area contributed by atoms with Crippen LogP contribution in [0.2, 0.25) is 0 Å². The molecule has 0 radical (unpaired) electrons. The smallest absolute Gasteiger partial charge is 0.254 e. The van der Waals surface area contributed by atoms with Crippen molar-refractivity contribution in [2.45, 2.75) is 43.6 Å². The molecule has 0 bridgehead atoms. The van der Waals surface area contributed by atoms with Gasteiger partial charge in [0.05, 0.1) is 32.4 Å². The first-order valence-corrected chi connectivity index (χ1v) is 15.7. The molecule has 3 aromatic carbocycles. The summed E-state index contributed by atoms with van der Waals surface area (Å²) in [6.07, 6.45) is 4.71. The number of piperidine rings is 2. The zero-order valence-electron chi connectivity index (χ0n) is 26.3. The fourth-order valence-electron chi connectivity index (χ4n) is 6.97. The number of hydrogen-bond donors (Lipinski definition) is 2. The third-order valence-electron chi connectivity index (χ3n) is 9.46. The maximum Gasteiger partial charge on any atom is 0.254 e. The lowest BCUT2D eigenvalue weighted by molar-refractivity contribution is 0.0606. The number of hydrogen-bond acceptors (Lipinski definition) is 7. The highest BCUT2D eigenvalue weighted by Crippen LogP contribution is 2.41. The number of carbonyl (C=O) groups excluding carboxylic acids is 1. The summed E-state index contributed by atoms with van der Waals surface area (Å²) in [7, 11) is 4.64. The van der Waals surface area contributed by atoms with Crippen molar-refractivity contribution in [3.63, 3.8) is 0 Å². The zero-order chi connectivity index (χ0) is 31.4. The van der Waals surface area contributed by atoms with Crippen molar-refractivity contribution >= 4 is 22.9 Å². The lowest BCUT2D eigenvalue weighted by Gasteiger charge is -2.45. The Morgan fingerprint density at radius 1 is 1.00 bits per heavy atom. The number of nitrogens with one attached hydrogen (secondary N) is 2. The van der Waals surface area contributed by atoms with Crippen LogP contribution in [0.15, 0.2) is 60.7 Å². The fraction of sp³-hybridized carbons (Fsp3) is 0.429. The molecular formula is C35H42FN5O4. The van der Waals surface area contributed by atoms with Crippen molar-refractivity contribution in [2.75, 3.05) is 59.4 Å². The van der Waals surface area contributed by atoms with E-state index in [0.717, 1.165) is 74.3 Å². The molecule has 238 valence electrons. The molecule has 2 saturated heterocycles. The van der Waals surface area contributed by atoms with Gasteiger partial charge in [0.1, 0.15) is 5.82 Å². The molecule has 2 aliphatic rings. The number of H-pyrrole nitrogens is 1. The molecular weight excluding hydrogens is 573 g/mol. The quantitative estimate of drug-likeness (QED) is 0.231. The van der Waals surface area contributed by atoms with Crippen molar-refractivity contribution < 1.29 is 23.4 Å². The van der Waals surface area contributed by atoms with E-state index in [0.29, 0.717) is 41.9 Å². The number of para-hydroxylation sites is 2. The molecule has 1 atom stereocenters. The standard InChI is InChI=1S/C35H42FN5O4/c1-43-30-21-24(22-31(44-2)32(30)45-3)33(42)41-17-6-15-35(23-41,25-9-11-26(36)12-10-25)16-20-40-18-13-27(14-19-40)37-34-38-28-7-4-5-8-29(28)39-34/h4-5,7-12,21-22,27H,6,13-20,23H2,1-3H3,(H2,37,38,39). The predicted molar refractivity (Wildman–Crippen MR) is 173 cm³/mol. The number of amides is 1. The molecule has 10 heteroatoms. The van der Waals surface area contributed by atoms with Gasteiger partial charge in [-0.05, 0) is 80.6 Å². The molecule has 2 aliphatic heterocycles. The Hall–Kier alpha value is -4.31. The van der Waals surface area contributed by atoms with Gasteiger partial charge in [0.15, 0.2) is 11.5 Å². The first-order chi connectivity index (χ1) is 21.9. The van der Waals surface area contributed by atoms with Gasteiger partial charge < -0.3 is 34.3 Å². The van der Waals surface area contributed by atoms with Crippen molar-refractivity contribution in [3.05, 3.63) is 77.6 Å². The molecule has 2 N–H and O–H groups in total. The summed E-state index contributed by atoms with van der Waals surface area (Å²) < 4.78 is 30.5. The third-order valence-corrected chi connectivity index (χ3v) is 9.46. The molecule has 2 fully saturated rings. The lowest BCUT2D eigenvalue weighted by Crippen LogP contribution is -2.50. The summed E-state index contributed by atoms with van der Waals surface area (Å²) in [5.41, 5.74) is 3.28. The second-order valence-corrected chi connectivity index (χ2v) is 12.1. The monoisotopic (exact) mass is 615 g/mol. The van der Waals surface area contributed by atoms with Crippen LogP contribution in [-0.4, -0.2) is 85.8 Å². The maximum absolute atomic E-state index is 14.0. The van der Waals surface area contributed by atoms with E-state index < -0.39 is 0 Å². The van der Waals surface area contributed by atoms with Gasteiger partial charge in [-0.15, -0.1) is 0 Å². The Labute approximate surface area is 263 Å². The van der Waals surface area contributed by atoms with E-state index in [9.17, 15) is 9.18 Å². The number of aromatic nitrogens is 2. The number of carbonyl (C=O) groups is 1. The first kappa shape index (κ1) is 30.7. The van der Waals surface area contributed by atoms with Gasteiger partial charge in [-0.2, -0.15) is 0 Å². The van der Waals surface area contributed by atoms with Gasteiger partial charge in [0.25, 0.3) is 5.91 Å². The summed E-state index contributed by atoms with van der Waals surface area (Å²) in [4.78, 5) is 26.5. The lowest BCUT2D eigenvalue weighted by atomic mass is 9.71. The van der Waals surface area contributed by atoms with Crippen LogP contribution in [0, 0.1) is 5.82 Å². The highest BCUT2D eigenvalue weighted by Gasteiger charge is 2.39. The summed E-state index contributed by atoms with van der Waals surface area (Å²) in [5, 5.41) is 3.59. The van der Waals surface area contributed by atoms with Crippen molar-refractivity contribution in [1.82, 2.24) is 19.8 Å². The van der Waals surface area contributed by atoms with E-state index in [-0.39, 0.29) is 17.1 Å². The molecule has 6 rings (SSSR count). The number of imidazole rings is 1. The van der Waals surface area contributed by atoms with Gasteiger partial charge in [-0.1, -0.05) is 24.3 Å². The largest absolute Gasteiger partial charge is 0.493 e. The van der Waals surface area contributed by atoms with Gasteiger partial charge >= 0.3 is 0 Å². The van der Waals surface area contributed by atoms with Crippen LogP contribution >= 0.6 is 0 Å². The van der Waals surface area contributed by atoms with Crippen LogP contribution in [0.3, 0.4) is 0 Å². The number of fused-ring (bicyclic) bond motifs is 1. The molecule has 45 heavy (non-hydrogen) atoms. The van der Waals surface area contributed by atoms with Crippen LogP contribution < -0.4 is 19.5 Å². The molecule has 0 aliphatic carbocycles. The van der Waals surface area contributed by atoms with E-state index in [4.69, 9.17) is 14.2 Å². The average molecular weight is 616 g/mol. The SMILES string of the molecule is COc1cc(C(=O)N2CCCC(CCN3CCC(Nc4nc5ccccc5[nH]4)CC3)(c3ccc(F)cc3)C2)cc(OC)c1OC. The Bertz CT molecular complexity index is 1560. The van der Waals surface area contributed by atoms with Crippen LogP contribution in [0.25, 0.3) is 11.0 Å². The number of ether oxygens (including phenoxy) is 3. The number of likely N-dealkylation sites (tertiary alicyclic amines) is 2. The van der Waals surface area contributed by atoms with Crippen LogP contribution in [0.4, 0.5) is 10.3 Å². The topological polar surface area (TPSA) is 92.0 Å². The van der Waals surface area contributed by atoms with Gasteiger partial charge in [-0.25, -0.2) is 9.37 Å². The van der Waals surface area contributed by atoms with Gasteiger partial charge in [0, 0.05) is 43.2 Å². The number of anilines is 1. The minimum absolute atomic E-state index is 0.0853. The molecule has 1 unspecified atom stereocenters. The Kier molecular flexibility index (Phi) is 9.11. The summed E-state index contributed by atoms with van der Waals surface area (Å²) >= 11 is 0. The number of nitrogens with zero attached hydrogens (tertiary/aromatic N) is 3. The second-order valence-electron chi connectivity index (χ2n) is 12.1. The van der Waals surface area contributed by atoms with E-state index in [2.05, 4.69) is 20.2 Å². The van der Waals surface area contributed by atoms with Crippen molar-refractivity contribution in [3.8, 4) is 17.2 Å². The van der Waals surface area contributed by atoms with Crippen molar-refractivity contribution in [2.24, 2.45) is 0 Å². The van der Waals surface area contributed by atoms with Crippen LogP contribution in [0.5, 0.6) is 17.2 Å². The van der Waals surface area contributed by atoms with E-state index >= 15 is 0 Å². The second kappa shape index (κ2) is 13.4. The van der Waals surface area contributed by atoms with E-state index in [1.807, 2.05) is 41.3 Å². The molecule has 1 aromatic heterocycles. The van der Waals surface area contributed by atoms with Crippen LogP contribution in [0.1, 0.15) is 48.0 Å². The molecule has 0 saturated carbocycles. The minimum atomic E-state index is -0.286. The Morgan fingerprint density at radius 3 is 2.38 bits per heavy atom. The maximum atomic E-state index is 14.0. The Balaban J connectivity index is 1.15. The molecule has 9 nitrogen and oxygen atoms in total. The summed E-state index contributed by atoms with van der Waals surface area (Å²) in [6, 6.07) is 18.7. The number of halogens is 1. The zero-order valence-corrected chi connectivity index (χ0v) is 26.3. The molecule has 3 heterocycles. The van der Waals surface area contributed by atoms with Gasteiger partial charge in [0.2, 0.25) is 11.7 Å². The fourth-order valence-corrected chi connectivity index (χ4v) is 6.97. The van der Waals surface area contributed by atoms with E-state index in [1.54, 1.807) is 33.5 Å².